The number of aromatic carboxylic acids is 1. The average Bonchev–Trinajstić information content (AvgIpc) is 2.38. The van der Waals surface area contributed by atoms with E-state index < -0.39 is 16.6 Å². The molecule has 1 aromatic rings. The fourth-order valence-electron chi connectivity index (χ4n) is 1.66. The topological polar surface area (TPSA) is 92.9 Å². The molecule has 0 aromatic heterocycles. The van der Waals surface area contributed by atoms with Gasteiger partial charge in [-0.1, -0.05) is 0 Å². The molecule has 0 bridgehead atoms. The summed E-state index contributed by atoms with van der Waals surface area (Å²) in [6.45, 7) is 1.26. The predicted molar refractivity (Wildman–Crippen MR) is 69.8 cm³/mol. The number of benzene rings is 1. The molecule has 0 heterocycles. The van der Waals surface area contributed by atoms with Crippen LogP contribution in [0.5, 0.6) is 0 Å². The van der Waals surface area contributed by atoms with E-state index in [-0.39, 0.29) is 5.56 Å². The van der Waals surface area contributed by atoms with Gasteiger partial charge in [-0.15, -0.1) is 0 Å². The molecule has 0 aliphatic heterocycles. The Hall–Kier alpha value is -2.15. The zero-order chi connectivity index (χ0) is 14.4. The summed E-state index contributed by atoms with van der Waals surface area (Å²) in [5.41, 5.74) is -0.101. The Balaban J connectivity index is 2.95. The van der Waals surface area contributed by atoms with Crippen LogP contribution < -0.4 is 4.90 Å². The minimum Gasteiger partial charge on any atom is -0.477 e. The van der Waals surface area contributed by atoms with Crippen molar-refractivity contribution < 1.29 is 19.6 Å². The average molecular weight is 268 g/mol. The van der Waals surface area contributed by atoms with Crippen LogP contribution in [0.15, 0.2) is 18.2 Å². The molecule has 19 heavy (non-hydrogen) atoms. The second-order valence-corrected chi connectivity index (χ2v) is 4.03. The monoisotopic (exact) mass is 268 g/mol. The summed E-state index contributed by atoms with van der Waals surface area (Å²) in [5, 5.41) is 19.7. The quantitative estimate of drug-likeness (QED) is 0.460. The van der Waals surface area contributed by atoms with Gasteiger partial charge in [-0.3, -0.25) is 10.1 Å². The SMILES string of the molecule is COCCCN(C)c1ccc(C(=O)O)c([N+](=O)[O-])c1. The molecular formula is C12H16N2O5. The van der Waals surface area contributed by atoms with Gasteiger partial charge < -0.3 is 14.7 Å². The standard InChI is InChI=1S/C12H16N2O5/c1-13(6-3-7-19-2)9-4-5-10(12(15)16)11(8-9)14(17)18/h4-5,8H,3,6-7H2,1-2H3,(H,15,16). The Kier molecular flexibility index (Phi) is 5.25. The van der Waals surface area contributed by atoms with Crippen molar-refractivity contribution in [2.75, 3.05) is 32.2 Å². The van der Waals surface area contributed by atoms with Crippen molar-refractivity contribution in [1.82, 2.24) is 0 Å². The number of rotatable bonds is 7. The summed E-state index contributed by atoms with van der Waals surface area (Å²) < 4.78 is 4.93. The first kappa shape index (κ1) is 14.9. The third-order valence-electron chi connectivity index (χ3n) is 2.69. The van der Waals surface area contributed by atoms with Gasteiger partial charge >= 0.3 is 5.97 Å². The zero-order valence-electron chi connectivity index (χ0n) is 10.8. The van der Waals surface area contributed by atoms with Gasteiger partial charge in [0.2, 0.25) is 0 Å². The summed E-state index contributed by atoms with van der Waals surface area (Å²) >= 11 is 0. The van der Waals surface area contributed by atoms with Crippen molar-refractivity contribution in [2.24, 2.45) is 0 Å². The summed E-state index contributed by atoms with van der Waals surface area (Å²) in [4.78, 5) is 22.9. The van der Waals surface area contributed by atoms with E-state index in [1.807, 2.05) is 4.90 Å². The number of ether oxygens (including phenoxy) is 1. The number of hydrogen-bond donors (Lipinski definition) is 1. The number of carbonyl (C=O) groups is 1. The maximum absolute atomic E-state index is 10.9. The lowest BCUT2D eigenvalue weighted by atomic mass is 10.1. The lowest BCUT2D eigenvalue weighted by molar-refractivity contribution is -0.385. The molecule has 104 valence electrons. The minimum atomic E-state index is -1.31. The number of anilines is 1. The van der Waals surface area contributed by atoms with Crippen LogP contribution in [0.2, 0.25) is 0 Å². The first-order valence-electron chi connectivity index (χ1n) is 5.69. The number of carboxylic acids is 1. The molecule has 1 N–H and O–H groups in total. The fourth-order valence-corrected chi connectivity index (χ4v) is 1.66. The van der Waals surface area contributed by atoms with E-state index in [2.05, 4.69) is 0 Å². The molecule has 0 amide bonds. The Bertz CT molecular complexity index is 475. The van der Waals surface area contributed by atoms with Crippen LogP contribution in [-0.2, 0) is 4.74 Å². The van der Waals surface area contributed by atoms with Gasteiger partial charge in [0, 0.05) is 39.1 Å². The smallest absolute Gasteiger partial charge is 0.342 e. The second-order valence-electron chi connectivity index (χ2n) is 4.03. The molecule has 0 unspecified atom stereocenters. The molecule has 7 heteroatoms. The molecule has 0 spiro atoms. The number of nitro benzene ring substituents is 1. The normalized spacial score (nSPS) is 10.2. The van der Waals surface area contributed by atoms with E-state index in [9.17, 15) is 14.9 Å². The van der Waals surface area contributed by atoms with Gasteiger partial charge in [0.25, 0.3) is 5.69 Å². The first-order chi connectivity index (χ1) is 8.97. The molecule has 0 radical (unpaired) electrons. The lowest BCUT2D eigenvalue weighted by Gasteiger charge is -2.19. The van der Waals surface area contributed by atoms with Crippen molar-refractivity contribution in [1.29, 1.82) is 0 Å². The molecular weight excluding hydrogens is 252 g/mol. The van der Waals surface area contributed by atoms with Crippen LogP contribution in [0, 0.1) is 10.1 Å². The molecule has 0 saturated heterocycles. The largest absolute Gasteiger partial charge is 0.477 e. The highest BCUT2D eigenvalue weighted by molar-refractivity contribution is 5.93. The molecule has 0 aliphatic rings. The summed E-state index contributed by atoms with van der Waals surface area (Å²) in [5.74, 6) is -1.31. The predicted octanol–water partition coefficient (Wildman–Crippen LogP) is 1.77. The maximum atomic E-state index is 10.9. The third kappa shape index (κ3) is 3.92. The second kappa shape index (κ2) is 6.69. The van der Waals surface area contributed by atoms with Crippen LogP contribution in [-0.4, -0.2) is 43.3 Å². The maximum Gasteiger partial charge on any atom is 0.342 e. The summed E-state index contributed by atoms with van der Waals surface area (Å²) in [6, 6.07) is 4.09. The van der Waals surface area contributed by atoms with Crippen molar-refractivity contribution in [3.05, 3.63) is 33.9 Å². The fraction of sp³-hybridized carbons (Fsp3) is 0.417. The van der Waals surface area contributed by atoms with Gasteiger partial charge in [0.1, 0.15) is 5.56 Å². The Labute approximate surface area is 110 Å². The minimum absolute atomic E-state index is 0.306. The highest BCUT2D eigenvalue weighted by Gasteiger charge is 2.20. The molecule has 1 rings (SSSR count). The van der Waals surface area contributed by atoms with E-state index in [1.54, 1.807) is 20.2 Å². The van der Waals surface area contributed by atoms with Crippen molar-refractivity contribution in [3.63, 3.8) is 0 Å². The lowest BCUT2D eigenvalue weighted by Crippen LogP contribution is -2.20. The molecule has 0 atom stereocenters. The number of hydrogen-bond acceptors (Lipinski definition) is 5. The molecule has 0 aliphatic carbocycles. The van der Waals surface area contributed by atoms with E-state index in [1.165, 1.54) is 12.1 Å². The van der Waals surface area contributed by atoms with E-state index in [0.29, 0.717) is 18.8 Å². The number of methoxy groups -OCH3 is 1. The zero-order valence-corrected chi connectivity index (χ0v) is 10.8. The van der Waals surface area contributed by atoms with Gasteiger partial charge in [0.15, 0.2) is 0 Å². The number of nitro groups is 1. The Morgan fingerprint density at radius 3 is 2.74 bits per heavy atom. The highest BCUT2D eigenvalue weighted by Crippen LogP contribution is 2.25. The van der Waals surface area contributed by atoms with Gasteiger partial charge in [-0.05, 0) is 18.6 Å². The first-order valence-corrected chi connectivity index (χ1v) is 5.69. The Morgan fingerprint density at radius 2 is 2.21 bits per heavy atom. The van der Waals surface area contributed by atoms with E-state index in [0.717, 1.165) is 6.42 Å². The molecule has 0 saturated carbocycles. The molecule has 1 aromatic carbocycles. The van der Waals surface area contributed by atoms with Crippen molar-refractivity contribution in [2.45, 2.75) is 6.42 Å². The van der Waals surface area contributed by atoms with Crippen molar-refractivity contribution in [3.8, 4) is 0 Å². The van der Waals surface area contributed by atoms with Crippen LogP contribution in [0.3, 0.4) is 0 Å². The van der Waals surface area contributed by atoms with Gasteiger partial charge in [0.05, 0.1) is 4.92 Å². The third-order valence-corrected chi connectivity index (χ3v) is 2.69. The summed E-state index contributed by atoms with van der Waals surface area (Å²) in [6.07, 6.45) is 0.779. The highest BCUT2D eigenvalue weighted by atomic mass is 16.6. The van der Waals surface area contributed by atoms with Crippen LogP contribution in [0.1, 0.15) is 16.8 Å². The van der Waals surface area contributed by atoms with Crippen molar-refractivity contribution >= 4 is 17.3 Å². The van der Waals surface area contributed by atoms with E-state index >= 15 is 0 Å². The van der Waals surface area contributed by atoms with E-state index in [4.69, 9.17) is 9.84 Å². The number of nitrogens with zero attached hydrogens (tertiary/aromatic N) is 2. The summed E-state index contributed by atoms with van der Waals surface area (Å²) in [7, 11) is 3.39. The molecule has 0 fully saturated rings. The van der Waals surface area contributed by atoms with Gasteiger partial charge in [-0.2, -0.15) is 0 Å². The van der Waals surface area contributed by atoms with Crippen LogP contribution >= 0.6 is 0 Å². The molecule has 7 nitrogen and oxygen atoms in total. The van der Waals surface area contributed by atoms with Crippen LogP contribution in [0.4, 0.5) is 11.4 Å². The van der Waals surface area contributed by atoms with Crippen LogP contribution in [0.25, 0.3) is 0 Å². The number of carboxylic acid groups (broad SMARTS) is 1. The Morgan fingerprint density at radius 1 is 1.53 bits per heavy atom. The van der Waals surface area contributed by atoms with Gasteiger partial charge in [-0.25, -0.2) is 4.79 Å².